The summed E-state index contributed by atoms with van der Waals surface area (Å²) >= 11 is 0. The van der Waals surface area contributed by atoms with Gasteiger partial charge >= 0.3 is 0 Å². The van der Waals surface area contributed by atoms with Crippen molar-refractivity contribution in [2.24, 2.45) is 0 Å². The van der Waals surface area contributed by atoms with Gasteiger partial charge in [-0.1, -0.05) is 29.4 Å². The summed E-state index contributed by atoms with van der Waals surface area (Å²) in [6.45, 7) is 1.87. The Morgan fingerprint density at radius 2 is 1.97 bits per heavy atom. The largest absolute Gasteiger partial charge is 0.497 e. The van der Waals surface area contributed by atoms with E-state index in [4.69, 9.17) is 9.26 Å². The Labute approximate surface area is 185 Å². The summed E-state index contributed by atoms with van der Waals surface area (Å²) in [7, 11) is -1.64. The van der Waals surface area contributed by atoms with Crippen molar-refractivity contribution in [2.75, 3.05) is 18.6 Å². The van der Waals surface area contributed by atoms with Crippen LogP contribution in [0.4, 0.5) is 4.39 Å². The Bertz CT molecular complexity index is 1240. The van der Waals surface area contributed by atoms with Gasteiger partial charge in [-0.3, -0.25) is 4.79 Å². The third kappa shape index (κ3) is 4.67. The number of ether oxygens (including phenoxy) is 1. The van der Waals surface area contributed by atoms with Crippen molar-refractivity contribution in [3.05, 3.63) is 71.2 Å². The minimum atomic E-state index is -3.21. The number of nitrogens with zero attached hydrogens (tertiary/aromatic N) is 2. The molecule has 0 radical (unpaired) electrons. The molecular weight excluding hydrogens is 435 g/mol. The molecule has 7 nitrogen and oxygen atoms in total. The Balaban J connectivity index is 1.62. The fourth-order valence-electron chi connectivity index (χ4n) is 3.72. The number of hydrogen-bond donors (Lipinski definition) is 0. The van der Waals surface area contributed by atoms with Crippen molar-refractivity contribution in [3.8, 4) is 17.1 Å². The first-order valence-corrected chi connectivity index (χ1v) is 12.0. The van der Waals surface area contributed by atoms with Crippen molar-refractivity contribution in [1.29, 1.82) is 0 Å². The summed E-state index contributed by atoms with van der Waals surface area (Å²) in [4.78, 5) is 14.9. The number of carbonyl (C=O) groups is 1. The number of sulfone groups is 1. The lowest BCUT2D eigenvalue weighted by atomic mass is 10.1. The van der Waals surface area contributed by atoms with Gasteiger partial charge in [0.2, 0.25) is 0 Å². The third-order valence-corrected chi connectivity index (χ3v) is 7.36. The Morgan fingerprint density at radius 1 is 1.22 bits per heavy atom. The molecule has 1 saturated heterocycles. The fraction of sp³-hybridized carbons (Fsp3) is 0.304. The van der Waals surface area contributed by atoms with E-state index in [1.807, 2.05) is 12.1 Å². The van der Waals surface area contributed by atoms with E-state index in [0.717, 1.165) is 5.56 Å². The standard InChI is InChI=1S/C23H23FN2O5S/c1-15-3-6-17(11-20(15)24)22-12-21(25-31-22)23(27)26(18-9-10-32(28,29)14-18)13-16-4-7-19(30-2)8-5-16/h3-8,11-12,18H,9-10,13-14H2,1-2H3/t18-/m1/s1. The van der Waals surface area contributed by atoms with Crippen LogP contribution in [0.1, 0.15) is 28.0 Å². The van der Waals surface area contributed by atoms with Crippen LogP contribution in [-0.4, -0.2) is 49.0 Å². The van der Waals surface area contributed by atoms with Crippen molar-refractivity contribution < 1.29 is 26.9 Å². The van der Waals surface area contributed by atoms with Crippen LogP contribution in [0, 0.1) is 12.7 Å². The molecule has 2 heterocycles. The summed E-state index contributed by atoms with van der Waals surface area (Å²) < 4.78 is 48.5. The molecule has 1 amide bonds. The number of benzene rings is 2. The number of aromatic nitrogens is 1. The van der Waals surface area contributed by atoms with E-state index in [9.17, 15) is 17.6 Å². The van der Waals surface area contributed by atoms with Gasteiger partial charge in [0.05, 0.1) is 18.6 Å². The highest BCUT2D eigenvalue weighted by atomic mass is 32.2. The van der Waals surface area contributed by atoms with Crippen LogP contribution in [0.25, 0.3) is 11.3 Å². The number of methoxy groups -OCH3 is 1. The number of rotatable bonds is 6. The van der Waals surface area contributed by atoms with Gasteiger partial charge in [0.25, 0.3) is 5.91 Å². The molecule has 0 unspecified atom stereocenters. The van der Waals surface area contributed by atoms with E-state index in [0.29, 0.717) is 23.3 Å². The van der Waals surface area contributed by atoms with Crippen molar-refractivity contribution >= 4 is 15.7 Å². The first-order valence-electron chi connectivity index (χ1n) is 10.1. The number of amides is 1. The highest BCUT2D eigenvalue weighted by Gasteiger charge is 2.36. The van der Waals surface area contributed by atoms with Gasteiger partial charge in [-0.15, -0.1) is 0 Å². The average Bonchev–Trinajstić information content (AvgIpc) is 3.40. The molecule has 0 saturated carbocycles. The van der Waals surface area contributed by atoms with Crippen LogP contribution in [-0.2, 0) is 16.4 Å². The molecule has 0 bridgehead atoms. The maximum atomic E-state index is 13.9. The second-order valence-electron chi connectivity index (χ2n) is 7.88. The molecule has 0 spiro atoms. The minimum Gasteiger partial charge on any atom is -0.497 e. The molecule has 9 heteroatoms. The topological polar surface area (TPSA) is 89.7 Å². The van der Waals surface area contributed by atoms with Gasteiger partial charge in [-0.2, -0.15) is 0 Å². The lowest BCUT2D eigenvalue weighted by molar-refractivity contribution is 0.0670. The molecule has 1 aromatic heterocycles. The summed E-state index contributed by atoms with van der Waals surface area (Å²) in [6.07, 6.45) is 0.359. The van der Waals surface area contributed by atoms with Gasteiger partial charge in [-0.25, -0.2) is 12.8 Å². The van der Waals surface area contributed by atoms with Crippen molar-refractivity contribution in [3.63, 3.8) is 0 Å². The zero-order valence-electron chi connectivity index (χ0n) is 17.7. The van der Waals surface area contributed by atoms with Crippen LogP contribution < -0.4 is 4.74 Å². The Kier molecular flexibility index (Phi) is 6.01. The first kappa shape index (κ1) is 22.0. The van der Waals surface area contributed by atoms with Crippen LogP contribution in [0.5, 0.6) is 5.75 Å². The fourth-order valence-corrected chi connectivity index (χ4v) is 5.45. The predicted octanol–water partition coefficient (Wildman–Crippen LogP) is 3.63. The highest BCUT2D eigenvalue weighted by molar-refractivity contribution is 7.91. The van der Waals surface area contributed by atoms with E-state index < -0.39 is 21.8 Å². The predicted molar refractivity (Wildman–Crippen MR) is 117 cm³/mol. The van der Waals surface area contributed by atoms with Gasteiger partial charge in [0.15, 0.2) is 21.3 Å². The highest BCUT2D eigenvalue weighted by Crippen LogP contribution is 2.26. The van der Waals surface area contributed by atoms with Crippen LogP contribution in [0.3, 0.4) is 0 Å². The second kappa shape index (κ2) is 8.74. The smallest absolute Gasteiger partial charge is 0.276 e. The molecule has 2 aromatic carbocycles. The van der Waals surface area contributed by atoms with E-state index >= 15 is 0 Å². The number of hydrogen-bond acceptors (Lipinski definition) is 6. The molecule has 1 aliphatic rings. The number of carbonyl (C=O) groups excluding carboxylic acids is 1. The minimum absolute atomic E-state index is 0.0385. The lowest BCUT2D eigenvalue weighted by Crippen LogP contribution is -2.40. The SMILES string of the molecule is COc1ccc(CN(C(=O)c2cc(-c3ccc(C)c(F)c3)on2)[C@@H]2CCS(=O)(=O)C2)cc1. The third-order valence-electron chi connectivity index (χ3n) is 5.61. The van der Waals surface area contributed by atoms with E-state index in [2.05, 4.69) is 5.16 Å². The molecular formula is C23H23FN2O5S. The molecule has 1 fully saturated rings. The number of halogens is 1. The molecule has 1 aliphatic heterocycles. The van der Waals surface area contributed by atoms with Crippen LogP contribution in [0.2, 0.25) is 0 Å². The second-order valence-corrected chi connectivity index (χ2v) is 10.1. The van der Waals surface area contributed by atoms with E-state index in [1.54, 1.807) is 38.3 Å². The zero-order chi connectivity index (χ0) is 22.9. The molecule has 4 rings (SSSR count). The van der Waals surface area contributed by atoms with Gasteiger partial charge in [0.1, 0.15) is 11.6 Å². The molecule has 168 valence electrons. The van der Waals surface area contributed by atoms with E-state index in [-0.39, 0.29) is 35.3 Å². The maximum Gasteiger partial charge on any atom is 0.276 e. The normalized spacial score (nSPS) is 17.3. The van der Waals surface area contributed by atoms with E-state index in [1.165, 1.54) is 17.0 Å². The van der Waals surface area contributed by atoms with Crippen molar-refractivity contribution in [1.82, 2.24) is 10.1 Å². The number of aryl methyl sites for hydroxylation is 1. The van der Waals surface area contributed by atoms with Gasteiger partial charge < -0.3 is 14.2 Å². The van der Waals surface area contributed by atoms with Crippen LogP contribution in [0.15, 0.2) is 53.1 Å². The van der Waals surface area contributed by atoms with Gasteiger partial charge in [0, 0.05) is 24.2 Å². The molecule has 32 heavy (non-hydrogen) atoms. The summed E-state index contributed by atoms with van der Waals surface area (Å²) in [5.74, 6) is 0.0614. The molecule has 0 aliphatic carbocycles. The van der Waals surface area contributed by atoms with Crippen LogP contribution >= 0.6 is 0 Å². The zero-order valence-corrected chi connectivity index (χ0v) is 18.6. The van der Waals surface area contributed by atoms with Crippen molar-refractivity contribution in [2.45, 2.75) is 25.9 Å². The molecule has 3 aromatic rings. The lowest BCUT2D eigenvalue weighted by Gasteiger charge is -2.27. The summed E-state index contributed by atoms with van der Waals surface area (Å²) in [5, 5.41) is 3.88. The monoisotopic (exact) mass is 458 g/mol. The maximum absolute atomic E-state index is 13.9. The molecule has 1 atom stereocenters. The Hall–Kier alpha value is -3.20. The average molecular weight is 459 g/mol. The molecule has 0 N–H and O–H groups in total. The summed E-state index contributed by atoms with van der Waals surface area (Å²) in [5.41, 5.74) is 1.83. The first-order chi connectivity index (χ1) is 15.3. The Morgan fingerprint density at radius 3 is 2.59 bits per heavy atom. The van der Waals surface area contributed by atoms with Gasteiger partial charge in [-0.05, 0) is 42.7 Å². The summed E-state index contributed by atoms with van der Waals surface area (Å²) in [6, 6.07) is 12.8. The quantitative estimate of drug-likeness (QED) is 0.560.